The van der Waals surface area contributed by atoms with E-state index < -0.39 is 17.2 Å². The molecule has 0 aromatic heterocycles. The third kappa shape index (κ3) is 6.79. The van der Waals surface area contributed by atoms with Gasteiger partial charge in [-0.3, -0.25) is 14.4 Å². The highest BCUT2D eigenvalue weighted by Gasteiger charge is 2.16. The summed E-state index contributed by atoms with van der Waals surface area (Å²) in [5.41, 5.74) is 0. The number of rotatable bonds is 5. The van der Waals surface area contributed by atoms with Crippen LogP contribution in [0.3, 0.4) is 0 Å². The van der Waals surface area contributed by atoms with E-state index in [1.807, 2.05) is 0 Å². The molecule has 0 fully saturated rings. The van der Waals surface area contributed by atoms with Gasteiger partial charge in [-0.1, -0.05) is 23.5 Å². The van der Waals surface area contributed by atoms with E-state index in [2.05, 4.69) is 0 Å². The van der Waals surface area contributed by atoms with Crippen LogP contribution in [0.2, 0.25) is 0 Å². The Kier molecular flexibility index (Phi) is 6.39. The zero-order valence-corrected chi connectivity index (χ0v) is 9.06. The summed E-state index contributed by atoms with van der Waals surface area (Å²) in [4.78, 5) is 31.4. The van der Waals surface area contributed by atoms with Gasteiger partial charge in [-0.15, -0.1) is 0 Å². The highest BCUT2D eigenvalue weighted by atomic mass is 32.2. The Morgan fingerprint density at radius 2 is 1.86 bits per heavy atom. The van der Waals surface area contributed by atoms with Crippen LogP contribution in [0.25, 0.3) is 0 Å². The molecule has 0 aliphatic carbocycles. The number of thioether (sulfide) groups is 2. The Balaban J connectivity index is 3.65. The number of carbonyl (C=O) groups is 3. The molecule has 0 aliphatic heterocycles. The molecule has 0 amide bonds. The van der Waals surface area contributed by atoms with Crippen LogP contribution in [0.1, 0.15) is 13.3 Å². The van der Waals surface area contributed by atoms with Crippen molar-refractivity contribution in [2.24, 2.45) is 0 Å². The Morgan fingerprint density at radius 3 is 2.29 bits per heavy atom. The maximum absolute atomic E-state index is 11.0. The monoisotopic (exact) mass is 238 g/mol. The minimum Gasteiger partial charge on any atom is -0.481 e. The van der Waals surface area contributed by atoms with Crippen molar-refractivity contribution >= 4 is 39.9 Å². The molecule has 0 rings (SSSR count). The van der Waals surface area contributed by atoms with E-state index in [0.29, 0.717) is 11.8 Å². The molecule has 0 saturated heterocycles. The first kappa shape index (κ1) is 13.3. The average molecular weight is 238 g/mol. The molecule has 1 unspecified atom stereocenters. The fraction of sp³-hybridized carbons (Fsp3) is 0.571. The van der Waals surface area contributed by atoms with Crippen molar-refractivity contribution in [3.8, 4) is 0 Å². The highest BCUT2D eigenvalue weighted by molar-refractivity contribution is 8.38. The summed E-state index contributed by atoms with van der Waals surface area (Å²) in [7, 11) is 0. The van der Waals surface area contributed by atoms with Gasteiger partial charge in [0.05, 0.1) is 6.42 Å². The van der Waals surface area contributed by atoms with Crippen LogP contribution in [0.5, 0.6) is 0 Å². The van der Waals surface area contributed by atoms with E-state index in [1.165, 1.54) is 6.92 Å². The molecule has 5 nitrogen and oxygen atoms in total. The fourth-order valence-electron chi connectivity index (χ4n) is 0.450. The molecule has 0 saturated carbocycles. The molecule has 0 aromatic carbocycles. The van der Waals surface area contributed by atoms with Crippen LogP contribution in [0.4, 0.5) is 4.79 Å². The number of aliphatic carboxylic acids is 2. The molecule has 1 atom stereocenters. The van der Waals surface area contributed by atoms with Crippen LogP contribution >= 0.6 is 23.5 Å². The molecule has 0 aliphatic rings. The van der Waals surface area contributed by atoms with E-state index in [4.69, 9.17) is 10.2 Å². The second kappa shape index (κ2) is 6.72. The van der Waals surface area contributed by atoms with E-state index in [1.54, 1.807) is 0 Å². The minimum atomic E-state index is -1.05. The smallest absolute Gasteiger partial charge is 0.316 e. The van der Waals surface area contributed by atoms with E-state index in [0.717, 1.165) is 11.8 Å². The lowest BCUT2D eigenvalue weighted by Crippen LogP contribution is -2.13. The van der Waals surface area contributed by atoms with Crippen molar-refractivity contribution in [2.75, 3.05) is 5.75 Å². The second-order valence-corrected chi connectivity index (χ2v) is 4.98. The van der Waals surface area contributed by atoms with Crippen LogP contribution in [0.15, 0.2) is 0 Å². The summed E-state index contributed by atoms with van der Waals surface area (Å²) in [5, 5.41) is 15.9. The molecule has 0 bridgehead atoms. The first-order valence-electron chi connectivity index (χ1n) is 3.71. The van der Waals surface area contributed by atoms with Gasteiger partial charge in [0, 0.05) is 5.75 Å². The predicted octanol–water partition coefficient (Wildman–Crippen LogP) is 1.52. The highest BCUT2D eigenvalue weighted by Crippen LogP contribution is 2.21. The van der Waals surface area contributed by atoms with Crippen molar-refractivity contribution < 1.29 is 24.6 Å². The lowest BCUT2D eigenvalue weighted by atomic mass is 10.5. The van der Waals surface area contributed by atoms with Gasteiger partial charge in [-0.05, 0) is 6.92 Å². The molecule has 14 heavy (non-hydrogen) atoms. The summed E-state index contributed by atoms with van der Waals surface area (Å²) < 4.78 is -0.360. The van der Waals surface area contributed by atoms with E-state index in [9.17, 15) is 14.4 Å². The predicted molar refractivity (Wildman–Crippen MR) is 54.8 cm³/mol. The molecular formula is C7H10O5S2. The first-order valence-corrected chi connectivity index (χ1v) is 5.58. The number of hydrogen-bond donors (Lipinski definition) is 2. The van der Waals surface area contributed by atoms with Crippen LogP contribution in [-0.4, -0.2) is 37.6 Å². The Morgan fingerprint density at radius 1 is 1.29 bits per heavy atom. The molecular weight excluding hydrogens is 228 g/mol. The SMILES string of the molecule is CC(SC(=O)SCCC(=O)O)C(=O)O. The lowest BCUT2D eigenvalue weighted by molar-refractivity contribution is -0.137. The van der Waals surface area contributed by atoms with Gasteiger partial charge in [-0.2, -0.15) is 0 Å². The lowest BCUT2D eigenvalue weighted by Gasteiger charge is -2.02. The molecule has 80 valence electrons. The van der Waals surface area contributed by atoms with Crippen molar-refractivity contribution in [1.82, 2.24) is 0 Å². The van der Waals surface area contributed by atoms with Crippen LogP contribution in [-0.2, 0) is 9.59 Å². The first-order chi connectivity index (χ1) is 6.43. The van der Waals surface area contributed by atoms with Crippen LogP contribution in [0, 0.1) is 0 Å². The molecule has 7 heteroatoms. The average Bonchev–Trinajstić information content (AvgIpc) is 2.02. The summed E-state index contributed by atoms with van der Waals surface area (Å²) in [6, 6.07) is 0. The Labute approximate surface area is 89.2 Å². The van der Waals surface area contributed by atoms with Crippen molar-refractivity contribution in [1.29, 1.82) is 0 Å². The molecule has 2 N–H and O–H groups in total. The number of carboxylic acids is 2. The van der Waals surface area contributed by atoms with E-state index in [-0.39, 0.29) is 16.6 Å². The standard InChI is InChI=1S/C7H10O5S2/c1-4(6(10)11)14-7(12)13-3-2-5(8)9/h4H,2-3H2,1H3,(H,8,9)(H,10,11). The zero-order valence-electron chi connectivity index (χ0n) is 7.43. The number of carboxylic acid groups (broad SMARTS) is 2. The largest absolute Gasteiger partial charge is 0.481 e. The summed E-state index contributed by atoms with van der Waals surface area (Å²) in [5.74, 6) is -1.85. The van der Waals surface area contributed by atoms with Gasteiger partial charge < -0.3 is 10.2 Å². The second-order valence-electron chi connectivity index (χ2n) is 2.34. The summed E-state index contributed by atoms with van der Waals surface area (Å²) in [6.45, 7) is 1.41. The van der Waals surface area contributed by atoms with Gasteiger partial charge in [0.2, 0.25) is 4.45 Å². The normalized spacial score (nSPS) is 12.1. The number of carbonyl (C=O) groups excluding carboxylic acids is 1. The Hall–Kier alpha value is -0.690. The van der Waals surface area contributed by atoms with E-state index >= 15 is 0 Å². The van der Waals surface area contributed by atoms with Gasteiger partial charge in [0.25, 0.3) is 0 Å². The molecule has 0 aromatic rings. The topological polar surface area (TPSA) is 91.7 Å². The van der Waals surface area contributed by atoms with Gasteiger partial charge >= 0.3 is 11.9 Å². The molecule has 0 radical (unpaired) electrons. The zero-order chi connectivity index (χ0) is 11.1. The molecule has 0 spiro atoms. The fourth-order valence-corrected chi connectivity index (χ4v) is 2.24. The summed E-state index contributed by atoms with van der Waals surface area (Å²) in [6.07, 6.45) is -0.0988. The van der Waals surface area contributed by atoms with Gasteiger partial charge in [-0.25, -0.2) is 0 Å². The Bertz CT molecular complexity index is 240. The van der Waals surface area contributed by atoms with Gasteiger partial charge in [0.1, 0.15) is 5.25 Å². The van der Waals surface area contributed by atoms with Crippen molar-refractivity contribution in [3.05, 3.63) is 0 Å². The third-order valence-corrected chi connectivity index (χ3v) is 3.19. The maximum atomic E-state index is 11.0. The quantitative estimate of drug-likeness (QED) is 0.750. The van der Waals surface area contributed by atoms with Crippen molar-refractivity contribution in [2.45, 2.75) is 18.6 Å². The van der Waals surface area contributed by atoms with Crippen LogP contribution < -0.4 is 0 Å². The maximum Gasteiger partial charge on any atom is 0.316 e. The number of hydrogen-bond acceptors (Lipinski definition) is 5. The minimum absolute atomic E-state index is 0.0988. The van der Waals surface area contributed by atoms with Gasteiger partial charge in [0.15, 0.2) is 0 Å². The third-order valence-electron chi connectivity index (χ3n) is 1.16. The van der Waals surface area contributed by atoms with Crippen molar-refractivity contribution in [3.63, 3.8) is 0 Å². The summed E-state index contributed by atoms with van der Waals surface area (Å²) >= 11 is 1.52. The molecule has 0 heterocycles.